The second-order valence-electron chi connectivity index (χ2n) is 13.1. The highest BCUT2D eigenvalue weighted by Crippen LogP contribution is 2.38. The van der Waals surface area contributed by atoms with Crippen LogP contribution in [0.3, 0.4) is 0 Å². The fraction of sp³-hybridized carbons (Fsp3) is 0.405. The molecule has 1 amide bonds. The first kappa shape index (κ1) is 31.6. The molecular weight excluding hydrogens is 566 g/mol. The number of aromatic nitrogens is 2. The van der Waals surface area contributed by atoms with Gasteiger partial charge in [-0.2, -0.15) is 0 Å². The minimum Gasteiger partial charge on any atom is -0.480 e. The summed E-state index contributed by atoms with van der Waals surface area (Å²) in [7, 11) is 0. The molecule has 0 bridgehead atoms. The molecule has 4 aromatic rings. The summed E-state index contributed by atoms with van der Waals surface area (Å²) in [5, 5.41) is 12.5. The Labute approximate surface area is 265 Å². The van der Waals surface area contributed by atoms with Crippen LogP contribution >= 0.6 is 11.3 Å². The molecule has 2 aromatic carbocycles. The summed E-state index contributed by atoms with van der Waals surface area (Å²) in [5.41, 5.74) is 5.10. The van der Waals surface area contributed by atoms with Crippen molar-refractivity contribution in [3.63, 3.8) is 0 Å². The number of carboxylic acid groups (broad SMARTS) is 1. The topological polar surface area (TPSA) is 92.2 Å². The highest BCUT2D eigenvalue weighted by atomic mass is 32.1. The predicted molar refractivity (Wildman–Crippen MR) is 178 cm³/mol. The third kappa shape index (κ3) is 7.81. The Kier molecular flexibility index (Phi) is 9.94. The molecule has 1 saturated carbocycles. The first-order chi connectivity index (χ1) is 21.1. The molecule has 0 unspecified atom stereocenters. The Balaban J connectivity index is 1.18. The predicted octanol–water partition coefficient (Wildman–Crippen LogP) is 8.67. The van der Waals surface area contributed by atoms with Crippen molar-refractivity contribution in [2.75, 3.05) is 0 Å². The number of benzene rings is 2. The summed E-state index contributed by atoms with van der Waals surface area (Å²) in [4.78, 5) is 35.6. The Morgan fingerprint density at radius 2 is 1.52 bits per heavy atom. The number of nitrogens with one attached hydrogen (secondary N) is 1. The van der Waals surface area contributed by atoms with E-state index < -0.39 is 12.0 Å². The van der Waals surface area contributed by atoms with E-state index in [1.54, 1.807) is 6.07 Å². The number of aliphatic carboxylic acids is 1. The maximum Gasteiger partial charge on any atom is 0.326 e. The van der Waals surface area contributed by atoms with Gasteiger partial charge in [-0.05, 0) is 71.8 Å². The summed E-state index contributed by atoms with van der Waals surface area (Å²) < 4.78 is 0. The standard InChI is InChI=1S/C37H43N3O3S/c1-5-6-24-7-11-26(12-8-24)27-15-17-28(18-16-27)30-22-38-34(39-23-30)29-13-9-25(10-14-29)21-31(36(42)43)40-35(41)32-19-20-33(44-32)37(2,3)4/h9-10,13-20,22-24,26,31H,5-8,11-12,21H2,1-4H3,(H,40,41)(H,42,43)/t24?,26?,31-/m0/s1. The number of nitrogens with zero attached hydrogens (tertiary/aromatic N) is 2. The number of carbonyl (C=O) groups excluding carboxylic acids is 1. The van der Waals surface area contributed by atoms with E-state index in [0.29, 0.717) is 16.6 Å². The number of carbonyl (C=O) groups is 2. The fourth-order valence-electron chi connectivity index (χ4n) is 6.08. The second kappa shape index (κ2) is 13.9. The highest BCUT2D eigenvalue weighted by molar-refractivity contribution is 7.14. The summed E-state index contributed by atoms with van der Waals surface area (Å²) >= 11 is 1.40. The van der Waals surface area contributed by atoms with Gasteiger partial charge in [0.05, 0.1) is 4.88 Å². The van der Waals surface area contributed by atoms with Crippen LogP contribution in [0.1, 0.15) is 97.8 Å². The van der Waals surface area contributed by atoms with Gasteiger partial charge in [0.2, 0.25) is 0 Å². The zero-order valence-electron chi connectivity index (χ0n) is 26.2. The summed E-state index contributed by atoms with van der Waals surface area (Å²) in [6.07, 6.45) is 11.8. The van der Waals surface area contributed by atoms with E-state index in [4.69, 9.17) is 0 Å². The van der Waals surface area contributed by atoms with Crippen molar-refractivity contribution in [2.24, 2.45) is 5.92 Å². The van der Waals surface area contributed by atoms with E-state index in [-0.39, 0.29) is 17.7 Å². The van der Waals surface area contributed by atoms with Crippen LogP contribution in [0.25, 0.3) is 22.5 Å². The summed E-state index contributed by atoms with van der Waals surface area (Å²) in [6.45, 7) is 8.54. The van der Waals surface area contributed by atoms with Crippen LogP contribution in [0.15, 0.2) is 73.1 Å². The quantitative estimate of drug-likeness (QED) is 0.188. The SMILES string of the molecule is CCCC1CCC(c2ccc(-c3cnc(-c4ccc(C[C@H](NC(=O)c5ccc(C(C)(C)C)s5)C(=O)O)cc4)nc3)cc2)CC1. The maximum absolute atomic E-state index is 12.8. The number of carboxylic acids is 1. The molecule has 0 radical (unpaired) electrons. The molecule has 2 aromatic heterocycles. The molecule has 0 spiro atoms. The van der Waals surface area contributed by atoms with Gasteiger partial charge in [-0.1, -0.05) is 89.1 Å². The maximum atomic E-state index is 12.8. The van der Waals surface area contributed by atoms with E-state index in [1.807, 2.05) is 42.7 Å². The molecule has 2 N–H and O–H groups in total. The normalized spacial score (nSPS) is 17.6. The van der Waals surface area contributed by atoms with Gasteiger partial charge in [-0.3, -0.25) is 4.79 Å². The fourth-order valence-corrected chi connectivity index (χ4v) is 7.05. The largest absolute Gasteiger partial charge is 0.480 e. The molecule has 6 nitrogen and oxygen atoms in total. The van der Waals surface area contributed by atoms with Crippen molar-refractivity contribution in [1.82, 2.24) is 15.3 Å². The second-order valence-corrected chi connectivity index (χ2v) is 14.2. The highest BCUT2D eigenvalue weighted by Gasteiger charge is 2.24. The third-order valence-corrected chi connectivity index (χ3v) is 10.2. The van der Waals surface area contributed by atoms with Crippen LogP contribution < -0.4 is 5.32 Å². The number of hydrogen-bond acceptors (Lipinski definition) is 5. The van der Waals surface area contributed by atoms with Crippen LogP contribution in [0.2, 0.25) is 0 Å². The van der Waals surface area contributed by atoms with Gasteiger partial charge < -0.3 is 10.4 Å². The molecule has 1 aliphatic rings. The van der Waals surface area contributed by atoms with Crippen LogP contribution in [0.5, 0.6) is 0 Å². The minimum absolute atomic E-state index is 0.0700. The first-order valence-corrected chi connectivity index (χ1v) is 16.6. The molecule has 2 heterocycles. The van der Waals surface area contributed by atoms with E-state index in [9.17, 15) is 14.7 Å². The monoisotopic (exact) mass is 609 g/mol. The third-order valence-electron chi connectivity index (χ3n) is 8.74. The number of hydrogen-bond donors (Lipinski definition) is 2. The van der Waals surface area contributed by atoms with Crippen LogP contribution in [-0.4, -0.2) is 33.0 Å². The van der Waals surface area contributed by atoms with Crippen molar-refractivity contribution < 1.29 is 14.7 Å². The summed E-state index contributed by atoms with van der Waals surface area (Å²) in [5.74, 6) is 0.754. The summed E-state index contributed by atoms with van der Waals surface area (Å²) in [6, 6.07) is 19.1. The zero-order valence-corrected chi connectivity index (χ0v) is 27.0. The lowest BCUT2D eigenvalue weighted by atomic mass is 9.77. The molecule has 7 heteroatoms. The average molecular weight is 610 g/mol. The average Bonchev–Trinajstić information content (AvgIpc) is 3.54. The van der Waals surface area contributed by atoms with Crippen LogP contribution in [0.4, 0.5) is 0 Å². The molecular formula is C37H43N3O3S. The Bertz CT molecular complexity index is 1550. The molecule has 1 atom stereocenters. The van der Waals surface area contributed by atoms with Crippen molar-refractivity contribution in [3.8, 4) is 22.5 Å². The molecule has 230 valence electrons. The van der Waals surface area contributed by atoms with Gasteiger partial charge >= 0.3 is 5.97 Å². The Hall–Kier alpha value is -3.84. The number of thiophene rings is 1. The van der Waals surface area contributed by atoms with Gasteiger partial charge in [0.1, 0.15) is 6.04 Å². The van der Waals surface area contributed by atoms with Crippen molar-refractivity contribution >= 4 is 23.2 Å². The zero-order chi connectivity index (χ0) is 31.3. The van der Waals surface area contributed by atoms with Gasteiger partial charge in [-0.15, -0.1) is 11.3 Å². The molecule has 5 rings (SSSR count). The van der Waals surface area contributed by atoms with E-state index in [1.165, 1.54) is 55.4 Å². The Morgan fingerprint density at radius 3 is 2.09 bits per heavy atom. The first-order valence-electron chi connectivity index (χ1n) is 15.8. The van der Waals surface area contributed by atoms with Crippen molar-refractivity contribution in [2.45, 2.75) is 90.0 Å². The lowest BCUT2D eigenvalue weighted by molar-refractivity contribution is -0.139. The smallest absolute Gasteiger partial charge is 0.326 e. The van der Waals surface area contributed by atoms with Gasteiger partial charge in [0.15, 0.2) is 5.82 Å². The number of rotatable bonds is 10. The van der Waals surface area contributed by atoms with E-state index in [2.05, 4.69) is 67.2 Å². The Morgan fingerprint density at radius 1 is 0.886 bits per heavy atom. The van der Waals surface area contributed by atoms with Crippen molar-refractivity contribution in [1.29, 1.82) is 0 Å². The van der Waals surface area contributed by atoms with E-state index >= 15 is 0 Å². The van der Waals surface area contributed by atoms with Crippen molar-refractivity contribution in [3.05, 3.63) is 93.9 Å². The molecule has 1 fully saturated rings. The lowest BCUT2D eigenvalue weighted by Gasteiger charge is -2.28. The number of amides is 1. The van der Waals surface area contributed by atoms with E-state index in [0.717, 1.165) is 33.0 Å². The molecule has 1 aliphatic carbocycles. The van der Waals surface area contributed by atoms with Crippen LogP contribution in [-0.2, 0) is 16.6 Å². The van der Waals surface area contributed by atoms with Gasteiger partial charge in [0, 0.05) is 34.8 Å². The molecule has 0 saturated heterocycles. The van der Waals surface area contributed by atoms with Gasteiger partial charge in [0.25, 0.3) is 5.91 Å². The van der Waals surface area contributed by atoms with Crippen LogP contribution in [0, 0.1) is 5.92 Å². The molecule has 44 heavy (non-hydrogen) atoms. The lowest BCUT2D eigenvalue weighted by Crippen LogP contribution is -2.42. The molecule has 0 aliphatic heterocycles. The minimum atomic E-state index is -1.07. The van der Waals surface area contributed by atoms with Gasteiger partial charge in [-0.25, -0.2) is 14.8 Å².